The Bertz CT molecular complexity index is 134. The highest BCUT2D eigenvalue weighted by molar-refractivity contribution is 5.00. The maximum absolute atomic E-state index is 2.69. The lowest BCUT2D eigenvalue weighted by Crippen LogP contribution is -2.60. The Kier molecular flexibility index (Phi) is 1.92. The van der Waals surface area contributed by atoms with Crippen LogP contribution in [-0.4, -0.2) is 23.5 Å². The molecular formula is C10H19N. The highest BCUT2D eigenvalue weighted by Crippen LogP contribution is 2.42. The molecule has 0 atom stereocenters. The summed E-state index contributed by atoms with van der Waals surface area (Å²) in [5.74, 6) is 0. The van der Waals surface area contributed by atoms with Crippen LogP contribution in [0.15, 0.2) is 0 Å². The molecule has 0 aromatic rings. The quantitative estimate of drug-likeness (QED) is 0.559. The van der Waals surface area contributed by atoms with Crippen LogP contribution < -0.4 is 0 Å². The molecule has 11 heavy (non-hydrogen) atoms. The predicted octanol–water partition coefficient (Wildman–Crippen LogP) is 2.41. The lowest BCUT2D eigenvalue weighted by atomic mass is 9.73. The Hall–Kier alpha value is -0.0400. The van der Waals surface area contributed by atoms with Crippen LogP contribution in [0.1, 0.15) is 45.4 Å². The number of likely N-dealkylation sites (tertiary alicyclic amines) is 1. The number of nitrogens with zero attached hydrogens (tertiary/aromatic N) is 1. The van der Waals surface area contributed by atoms with Gasteiger partial charge in [0.1, 0.15) is 0 Å². The molecule has 2 aliphatic rings. The summed E-state index contributed by atoms with van der Waals surface area (Å²) in [7, 11) is 0. The summed E-state index contributed by atoms with van der Waals surface area (Å²) in [4.78, 5) is 2.69. The van der Waals surface area contributed by atoms with Gasteiger partial charge < -0.3 is 0 Å². The average Bonchev–Trinajstić information content (AvgIpc) is 2.05. The third-order valence-corrected chi connectivity index (χ3v) is 3.68. The van der Waals surface area contributed by atoms with Gasteiger partial charge in [0.15, 0.2) is 0 Å². The fraction of sp³-hybridized carbons (Fsp3) is 1.00. The van der Waals surface area contributed by atoms with Crippen molar-refractivity contribution in [1.29, 1.82) is 0 Å². The molecule has 0 N–H and O–H groups in total. The summed E-state index contributed by atoms with van der Waals surface area (Å²) in [6.07, 6.45) is 8.91. The number of rotatable bonds is 1. The zero-order valence-corrected chi connectivity index (χ0v) is 7.60. The minimum absolute atomic E-state index is 0.701. The maximum atomic E-state index is 2.69. The Morgan fingerprint density at radius 3 is 2.27 bits per heavy atom. The van der Waals surface area contributed by atoms with E-state index >= 15 is 0 Å². The molecular weight excluding hydrogens is 134 g/mol. The van der Waals surface area contributed by atoms with Gasteiger partial charge in [-0.15, -0.1) is 0 Å². The van der Waals surface area contributed by atoms with Gasteiger partial charge >= 0.3 is 0 Å². The van der Waals surface area contributed by atoms with E-state index in [-0.39, 0.29) is 0 Å². The van der Waals surface area contributed by atoms with Crippen LogP contribution in [0, 0.1) is 0 Å². The molecule has 1 aliphatic carbocycles. The monoisotopic (exact) mass is 153 g/mol. The van der Waals surface area contributed by atoms with Crippen molar-refractivity contribution < 1.29 is 0 Å². The van der Waals surface area contributed by atoms with Crippen LogP contribution in [0.3, 0.4) is 0 Å². The van der Waals surface area contributed by atoms with Crippen LogP contribution >= 0.6 is 0 Å². The molecule has 1 aliphatic heterocycles. The summed E-state index contributed by atoms with van der Waals surface area (Å²) in [5, 5.41) is 0. The molecule has 2 rings (SSSR count). The Labute approximate surface area is 69.8 Å². The molecule has 0 unspecified atom stereocenters. The van der Waals surface area contributed by atoms with E-state index in [1.807, 2.05) is 0 Å². The Morgan fingerprint density at radius 2 is 1.82 bits per heavy atom. The van der Waals surface area contributed by atoms with Gasteiger partial charge in [-0.3, -0.25) is 4.90 Å². The van der Waals surface area contributed by atoms with Gasteiger partial charge in [0.2, 0.25) is 0 Å². The first kappa shape index (κ1) is 7.60. The van der Waals surface area contributed by atoms with Crippen molar-refractivity contribution in [3.8, 4) is 0 Å². The third kappa shape index (κ3) is 1.10. The summed E-state index contributed by atoms with van der Waals surface area (Å²) >= 11 is 0. The largest absolute Gasteiger partial charge is 0.298 e. The number of hydrogen-bond acceptors (Lipinski definition) is 1. The molecule has 1 heteroatoms. The summed E-state index contributed by atoms with van der Waals surface area (Å²) in [6.45, 7) is 4.95. The molecule has 1 spiro atoms. The van der Waals surface area contributed by atoms with E-state index < -0.39 is 0 Å². The van der Waals surface area contributed by atoms with Gasteiger partial charge in [-0.2, -0.15) is 0 Å². The van der Waals surface area contributed by atoms with Gasteiger partial charge in [0.05, 0.1) is 0 Å². The van der Waals surface area contributed by atoms with Gasteiger partial charge in [0.25, 0.3) is 0 Å². The normalized spacial score (nSPS) is 30.3. The zero-order valence-electron chi connectivity index (χ0n) is 7.60. The second-order valence-electron chi connectivity index (χ2n) is 4.11. The van der Waals surface area contributed by atoms with Crippen LogP contribution in [0.4, 0.5) is 0 Å². The summed E-state index contributed by atoms with van der Waals surface area (Å²) < 4.78 is 0. The second kappa shape index (κ2) is 2.78. The Balaban J connectivity index is 1.97. The van der Waals surface area contributed by atoms with Crippen molar-refractivity contribution in [2.75, 3.05) is 13.1 Å². The van der Waals surface area contributed by atoms with Crippen LogP contribution in [0.5, 0.6) is 0 Å². The van der Waals surface area contributed by atoms with E-state index in [9.17, 15) is 0 Å². The molecule has 2 fully saturated rings. The molecule has 1 saturated carbocycles. The minimum atomic E-state index is 0.701. The molecule has 1 nitrogen and oxygen atoms in total. The first-order valence-corrected chi connectivity index (χ1v) is 5.12. The standard InChI is InChI=1S/C10H19N/c1-2-11-9-8-10(11)6-4-3-5-7-10/h2-9H2,1H3. The van der Waals surface area contributed by atoms with Crippen molar-refractivity contribution in [2.24, 2.45) is 0 Å². The van der Waals surface area contributed by atoms with E-state index in [4.69, 9.17) is 0 Å². The lowest BCUT2D eigenvalue weighted by Gasteiger charge is -2.55. The highest BCUT2D eigenvalue weighted by atomic mass is 15.3. The van der Waals surface area contributed by atoms with Crippen molar-refractivity contribution >= 4 is 0 Å². The maximum Gasteiger partial charge on any atom is 0.0221 e. The number of hydrogen-bond donors (Lipinski definition) is 0. The first-order chi connectivity index (χ1) is 5.37. The van der Waals surface area contributed by atoms with Crippen molar-refractivity contribution in [2.45, 2.75) is 51.0 Å². The fourth-order valence-electron chi connectivity index (χ4n) is 2.86. The second-order valence-corrected chi connectivity index (χ2v) is 4.11. The molecule has 0 aromatic carbocycles. The molecule has 0 bridgehead atoms. The fourth-order valence-corrected chi connectivity index (χ4v) is 2.86. The van der Waals surface area contributed by atoms with Crippen LogP contribution in [0.25, 0.3) is 0 Å². The van der Waals surface area contributed by atoms with E-state index in [1.165, 1.54) is 51.6 Å². The van der Waals surface area contributed by atoms with Gasteiger partial charge in [-0.1, -0.05) is 26.2 Å². The van der Waals surface area contributed by atoms with Crippen molar-refractivity contribution in [1.82, 2.24) is 4.90 Å². The predicted molar refractivity (Wildman–Crippen MR) is 47.7 cm³/mol. The van der Waals surface area contributed by atoms with Crippen LogP contribution in [-0.2, 0) is 0 Å². The van der Waals surface area contributed by atoms with Crippen LogP contribution in [0.2, 0.25) is 0 Å². The molecule has 0 radical (unpaired) electrons. The van der Waals surface area contributed by atoms with Crippen molar-refractivity contribution in [3.63, 3.8) is 0 Å². The van der Waals surface area contributed by atoms with Gasteiger partial charge in [-0.05, 0) is 25.8 Å². The smallest absolute Gasteiger partial charge is 0.0221 e. The lowest BCUT2D eigenvalue weighted by molar-refractivity contribution is -0.0374. The van der Waals surface area contributed by atoms with E-state index in [1.54, 1.807) is 0 Å². The highest BCUT2D eigenvalue weighted by Gasteiger charge is 2.43. The zero-order chi connectivity index (χ0) is 7.73. The summed E-state index contributed by atoms with van der Waals surface area (Å²) in [6, 6.07) is 0. The van der Waals surface area contributed by atoms with Crippen molar-refractivity contribution in [3.05, 3.63) is 0 Å². The van der Waals surface area contributed by atoms with Gasteiger partial charge in [-0.25, -0.2) is 0 Å². The molecule has 0 amide bonds. The average molecular weight is 153 g/mol. The SMILES string of the molecule is CCN1CCC12CCCCC2. The first-order valence-electron chi connectivity index (χ1n) is 5.12. The third-order valence-electron chi connectivity index (χ3n) is 3.68. The summed E-state index contributed by atoms with van der Waals surface area (Å²) in [5.41, 5.74) is 0.701. The Morgan fingerprint density at radius 1 is 1.09 bits per heavy atom. The van der Waals surface area contributed by atoms with E-state index in [0.717, 1.165) is 0 Å². The van der Waals surface area contributed by atoms with Gasteiger partial charge in [0, 0.05) is 12.1 Å². The topological polar surface area (TPSA) is 3.24 Å². The molecule has 1 heterocycles. The molecule has 64 valence electrons. The van der Waals surface area contributed by atoms with E-state index in [2.05, 4.69) is 11.8 Å². The molecule has 1 saturated heterocycles. The molecule has 0 aromatic heterocycles. The minimum Gasteiger partial charge on any atom is -0.298 e. The van der Waals surface area contributed by atoms with E-state index in [0.29, 0.717) is 5.54 Å².